The number of benzene rings is 2. The lowest BCUT2D eigenvalue weighted by Gasteiger charge is -2.29. The number of H-pyrrole nitrogens is 1. The Kier molecular flexibility index (Phi) is 13.1. The molecule has 2 fully saturated rings. The monoisotopic (exact) mass is 738 g/mol. The minimum Gasteiger partial charge on any atom is -0.379 e. The molecule has 2 aliphatic rings. The molecule has 6 rings (SSSR count). The van der Waals surface area contributed by atoms with E-state index in [9.17, 15) is 9.59 Å². The van der Waals surface area contributed by atoms with Gasteiger partial charge in [0.05, 0.1) is 43.2 Å². The second-order valence-corrected chi connectivity index (χ2v) is 13.2. The SMILES string of the molecule is C/C=C(\C=C/CCN1CCOCC1)Nc1nc(-c2cccc(NC(=O)/C=C/CN(C)C)c2)c2c(C(=O)Nc3ccc(N4CCOCC4)c(F)c3)[nH]nc2n1. The number of fused-ring (bicyclic) bond motifs is 1. The van der Waals surface area contributed by atoms with Crippen LogP contribution in [0, 0.1) is 5.82 Å². The van der Waals surface area contributed by atoms with Gasteiger partial charge in [-0.2, -0.15) is 10.1 Å². The molecule has 4 aromatic rings. The first-order chi connectivity index (χ1) is 26.3. The summed E-state index contributed by atoms with van der Waals surface area (Å²) in [5.41, 5.74) is 3.41. The first-order valence-electron chi connectivity index (χ1n) is 18.1. The van der Waals surface area contributed by atoms with Crippen molar-refractivity contribution in [1.29, 1.82) is 0 Å². The molecule has 0 atom stereocenters. The predicted octanol–water partition coefficient (Wildman–Crippen LogP) is 4.90. The predicted molar refractivity (Wildman–Crippen MR) is 209 cm³/mol. The fourth-order valence-electron chi connectivity index (χ4n) is 6.12. The maximum atomic E-state index is 15.2. The number of carbonyl (C=O) groups is 2. The second-order valence-electron chi connectivity index (χ2n) is 13.2. The van der Waals surface area contributed by atoms with Gasteiger partial charge in [0.25, 0.3) is 5.91 Å². The van der Waals surface area contributed by atoms with Crippen LogP contribution in [0.3, 0.4) is 0 Å². The molecule has 0 bridgehead atoms. The molecule has 0 saturated carbocycles. The summed E-state index contributed by atoms with van der Waals surface area (Å²) in [5.74, 6) is -1.01. The standard InChI is InChI=1S/C39H47FN10O4/c1-4-28(10-5-6-16-49-17-21-53-22-18-49)43-39-44-35(27-9-7-11-29(25-27)41-33(51)12-8-15-48(2)3)34-36(46-47-37(34)45-39)38(52)42-30-13-14-32(31(40)26-30)50-19-23-54-24-20-50/h4-5,7-14,25-26H,6,15-24H2,1-3H3,(H,41,51)(H,42,52)(H2,43,44,45,46,47)/b10-5-,12-8+,28-4+. The van der Waals surface area contributed by atoms with E-state index in [0.29, 0.717) is 60.9 Å². The number of nitrogens with zero attached hydrogens (tertiary/aromatic N) is 6. The van der Waals surface area contributed by atoms with Gasteiger partial charge in [0.2, 0.25) is 11.9 Å². The quantitative estimate of drug-likeness (QED) is 0.103. The van der Waals surface area contributed by atoms with Crippen LogP contribution in [-0.2, 0) is 14.3 Å². The van der Waals surface area contributed by atoms with Crippen LogP contribution >= 0.6 is 0 Å². The minimum absolute atomic E-state index is 0.0968. The van der Waals surface area contributed by atoms with Gasteiger partial charge in [-0.15, -0.1) is 0 Å². The molecule has 54 heavy (non-hydrogen) atoms. The molecule has 284 valence electrons. The zero-order valence-electron chi connectivity index (χ0n) is 30.9. The summed E-state index contributed by atoms with van der Waals surface area (Å²) >= 11 is 0. The zero-order valence-corrected chi connectivity index (χ0v) is 30.9. The lowest BCUT2D eigenvalue weighted by atomic mass is 10.1. The molecular weight excluding hydrogens is 691 g/mol. The molecule has 0 spiro atoms. The molecular formula is C39H47FN10O4. The maximum Gasteiger partial charge on any atom is 0.274 e. The highest BCUT2D eigenvalue weighted by atomic mass is 19.1. The van der Waals surface area contributed by atoms with E-state index in [1.165, 1.54) is 12.1 Å². The molecule has 4 N–H and O–H groups in total. The summed E-state index contributed by atoms with van der Waals surface area (Å²) in [4.78, 5) is 42.3. The highest BCUT2D eigenvalue weighted by Gasteiger charge is 2.23. The van der Waals surface area contributed by atoms with Gasteiger partial charge in [0, 0.05) is 68.0 Å². The van der Waals surface area contributed by atoms with Gasteiger partial charge in [-0.05, 0) is 63.8 Å². The van der Waals surface area contributed by atoms with Crippen LogP contribution in [0.4, 0.5) is 27.4 Å². The first kappa shape index (κ1) is 38.3. The summed E-state index contributed by atoms with van der Waals surface area (Å²) in [6.07, 6.45) is 10.1. The van der Waals surface area contributed by atoms with Crippen molar-refractivity contribution >= 4 is 45.9 Å². The summed E-state index contributed by atoms with van der Waals surface area (Å²) in [6.45, 7) is 9.07. The lowest BCUT2D eigenvalue weighted by molar-refractivity contribution is -0.111. The highest BCUT2D eigenvalue weighted by molar-refractivity contribution is 6.14. The van der Waals surface area contributed by atoms with Crippen LogP contribution in [0.2, 0.25) is 0 Å². The van der Waals surface area contributed by atoms with Gasteiger partial charge in [0.1, 0.15) is 11.5 Å². The molecule has 14 nitrogen and oxygen atoms in total. The maximum absolute atomic E-state index is 15.2. The smallest absolute Gasteiger partial charge is 0.274 e. The third-order valence-electron chi connectivity index (χ3n) is 8.92. The topological polar surface area (TPSA) is 153 Å². The summed E-state index contributed by atoms with van der Waals surface area (Å²) in [7, 11) is 3.84. The van der Waals surface area contributed by atoms with Crippen LogP contribution in [0.25, 0.3) is 22.3 Å². The largest absolute Gasteiger partial charge is 0.379 e. The number of aromatic amines is 1. The van der Waals surface area contributed by atoms with Crippen LogP contribution in [0.15, 0.2) is 78.5 Å². The molecule has 0 aliphatic carbocycles. The van der Waals surface area contributed by atoms with E-state index in [0.717, 1.165) is 45.0 Å². The van der Waals surface area contributed by atoms with E-state index in [1.54, 1.807) is 36.4 Å². The number of halogens is 1. The van der Waals surface area contributed by atoms with Crippen molar-refractivity contribution in [3.63, 3.8) is 0 Å². The molecule has 2 aliphatic heterocycles. The molecule has 2 amide bonds. The van der Waals surface area contributed by atoms with Gasteiger partial charge in [0.15, 0.2) is 5.65 Å². The fraction of sp³-hybridized carbons (Fsp3) is 0.359. The second kappa shape index (κ2) is 18.5. The Morgan fingerprint density at radius 1 is 0.926 bits per heavy atom. The number of nitrogens with one attached hydrogen (secondary N) is 4. The molecule has 4 heterocycles. The van der Waals surface area contributed by atoms with Crippen LogP contribution in [0.1, 0.15) is 23.8 Å². The lowest BCUT2D eigenvalue weighted by Crippen LogP contribution is -2.36. The summed E-state index contributed by atoms with van der Waals surface area (Å²) < 4.78 is 26.1. The molecule has 2 aromatic carbocycles. The Labute approximate surface area is 314 Å². The fourth-order valence-corrected chi connectivity index (χ4v) is 6.12. The molecule has 2 aromatic heterocycles. The number of amides is 2. The number of aromatic nitrogens is 4. The van der Waals surface area contributed by atoms with E-state index in [1.807, 2.05) is 49.0 Å². The first-order valence-corrected chi connectivity index (χ1v) is 18.1. The number of morpholine rings is 2. The minimum atomic E-state index is -0.547. The number of allylic oxidation sites excluding steroid dienone is 2. The zero-order chi connectivity index (χ0) is 37.9. The van der Waals surface area contributed by atoms with Gasteiger partial charge in [-0.25, -0.2) is 9.37 Å². The van der Waals surface area contributed by atoms with Crippen molar-refractivity contribution in [2.75, 3.05) is 101 Å². The number of ether oxygens (including phenoxy) is 2. The van der Waals surface area contributed by atoms with Gasteiger partial charge >= 0.3 is 0 Å². The van der Waals surface area contributed by atoms with E-state index in [4.69, 9.17) is 14.5 Å². The van der Waals surface area contributed by atoms with Gasteiger partial charge in [-0.3, -0.25) is 19.6 Å². The van der Waals surface area contributed by atoms with Crippen LogP contribution in [0.5, 0.6) is 0 Å². The Balaban J connectivity index is 1.28. The summed E-state index contributed by atoms with van der Waals surface area (Å²) in [6, 6.07) is 11.8. The molecule has 15 heteroatoms. The van der Waals surface area contributed by atoms with Gasteiger partial charge < -0.3 is 35.2 Å². The number of hydrogen-bond donors (Lipinski definition) is 4. The third kappa shape index (κ3) is 10.1. The van der Waals surface area contributed by atoms with Crippen molar-refractivity contribution < 1.29 is 23.5 Å². The van der Waals surface area contributed by atoms with Crippen LogP contribution < -0.4 is 20.9 Å². The van der Waals surface area contributed by atoms with E-state index in [-0.39, 0.29) is 28.9 Å². The van der Waals surface area contributed by atoms with E-state index >= 15 is 4.39 Å². The Morgan fingerprint density at radius 2 is 1.69 bits per heavy atom. The number of anilines is 4. The van der Waals surface area contributed by atoms with Crippen molar-refractivity contribution in [2.24, 2.45) is 0 Å². The van der Waals surface area contributed by atoms with E-state index in [2.05, 4.69) is 42.1 Å². The van der Waals surface area contributed by atoms with Crippen molar-refractivity contribution in [1.82, 2.24) is 30.0 Å². The molecule has 0 unspecified atom stereocenters. The number of likely N-dealkylation sites (N-methyl/N-ethyl adjacent to an activating group) is 1. The van der Waals surface area contributed by atoms with Crippen molar-refractivity contribution in [2.45, 2.75) is 13.3 Å². The number of rotatable bonds is 14. The van der Waals surface area contributed by atoms with Gasteiger partial charge in [-0.1, -0.05) is 30.4 Å². The Hall–Kier alpha value is -5.48. The normalized spacial score (nSPS) is 15.8. The average molecular weight is 739 g/mol. The number of hydrogen-bond acceptors (Lipinski definition) is 11. The number of carbonyl (C=O) groups excluding carboxylic acids is 2. The average Bonchev–Trinajstić information content (AvgIpc) is 3.61. The van der Waals surface area contributed by atoms with Crippen LogP contribution in [-0.4, -0.2) is 122 Å². The molecule has 0 radical (unpaired) electrons. The van der Waals surface area contributed by atoms with Crippen molar-refractivity contribution in [3.05, 3.63) is 90.1 Å². The third-order valence-corrected chi connectivity index (χ3v) is 8.92. The van der Waals surface area contributed by atoms with Crippen molar-refractivity contribution in [3.8, 4) is 11.3 Å². The Morgan fingerprint density at radius 3 is 2.43 bits per heavy atom. The Bertz CT molecular complexity index is 2020. The summed E-state index contributed by atoms with van der Waals surface area (Å²) in [5, 5.41) is 16.6. The molecule has 2 saturated heterocycles. The highest BCUT2D eigenvalue weighted by Crippen LogP contribution is 2.32. The van der Waals surface area contributed by atoms with E-state index < -0.39 is 11.7 Å².